The number of nitrogens with zero attached hydrogens (tertiary/aromatic N) is 1. The molecule has 1 aliphatic rings. The van der Waals surface area contributed by atoms with Crippen molar-refractivity contribution in [2.75, 3.05) is 14.1 Å². The number of benzene rings is 1. The van der Waals surface area contributed by atoms with Crippen molar-refractivity contribution < 1.29 is 13.2 Å². The van der Waals surface area contributed by atoms with Crippen LogP contribution in [-0.2, 0) is 10.0 Å². The minimum Gasteiger partial charge on any atom is -0.339 e. The number of carbonyl (C=O) groups is 1. The van der Waals surface area contributed by atoms with Gasteiger partial charge in [0.05, 0.1) is 4.90 Å². The lowest BCUT2D eigenvalue weighted by molar-refractivity contribution is 0.0717. The van der Waals surface area contributed by atoms with E-state index >= 15 is 0 Å². The summed E-state index contributed by atoms with van der Waals surface area (Å²) < 4.78 is 26.8. The maximum absolute atomic E-state index is 12.9. The van der Waals surface area contributed by atoms with Crippen LogP contribution in [-0.4, -0.2) is 39.4 Å². The zero-order chi connectivity index (χ0) is 17.9. The summed E-state index contributed by atoms with van der Waals surface area (Å²) >= 11 is 0. The zero-order valence-corrected chi connectivity index (χ0v) is 15.9. The second-order valence-corrected chi connectivity index (χ2v) is 8.54. The Morgan fingerprint density at radius 1 is 1.12 bits per heavy atom. The van der Waals surface area contributed by atoms with E-state index in [4.69, 9.17) is 0 Å². The molecule has 1 aromatic carbocycles. The molecule has 0 aliphatic heterocycles. The Labute approximate surface area is 145 Å². The molecule has 1 aromatic rings. The first-order valence-corrected chi connectivity index (χ1v) is 10.1. The Kier molecular flexibility index (Phi) is 6.04. The smallest absolute Gasteiger partial charge is 0.253 e. The Morgan fingerprint density at radius 3 is 2.25 bits per heavy atom. The van der Waals surface area contributed by atoms with Gasteiger partial charge in [0.1, 0.15) is 0 Å². The molecule has 1 amide bonds. The molecule has 0 spiro atoms. The molecule has 0 aromatic heterocycles. The van der Waals surface area contributed by atoms with Crippen molar-refractivity contribution >= 4 is 15.9 Å². The van der Waals surface area contributed by atoms with Gasteiger partial charge in [0, 0.05) is 18.7 Å². The highest BCUT2D eigenvalue weighted by Crippen LogP contribution is 2.25. The lowest BCUT2D eigenvalue weighted by Gasteiger charge is -2.27. The SMILES string of the molecule is CNS(=O)(=O)c1cc(C(=O)N(C)C2CCCCCC2)cc(C)c1C. The maximum Gasteiger partial charge on any atom is 0.253 e. The molecule has 0 bridgehead atoms. The van der Waals surface area contributed by atoms with Crippen LogP contribution in [0, 0.1) is 13.8 Å². The van der Waals surface area contributed by atoms with Crippen molar-refractivity contribution in [2.24, 2.45) is 0 Å². The minimum atomic E-state index is -3.58. The van der Waals surface area contributed by atoms with Crippen LogP contribution >= 0.6 is 0 Å². The van der Waals surface area contributed by atoms with Gasteiger partial charge in [0.2, 0.25) is 10.0 Å². The number of amides is 1. The molecular formula is C18H28N2O3S. The molecule has 1 aliphatic carbocycles. The molecule has 0 unspecified atom stereocenters. The third kappa shape index (κ3) is 3.98. The van der Waals surface area contributed by atoms with Crippen LogP contribution in [0.5, 0.6) is 0 Å². The van der Waals surface area contributed by atoms with Gasteiger partial charge >= 0.3 is 0 Å². The van der Waals surface area contributed by atoms with E-state index in [0.717, 1.165) is 31.2 Å². The Morgan fingerprint density at radius 2 is 1.71 bits per heavy atom. The number of nitrogens with one attached hydrogen (secondary N) is 1. The lowest BCUT2D eigenvalue weighted by Crippen LogP contribution is -2.37. The average molecular weight is 353 g/mol. The lowest BCUT2D eigenvalue weighted by atomic mass is 10.0. The van der Waals surface area contributed by atoms with E-state index in [1.165, 1.54) is 26.0 Å². The third-order valence-electron chi connectivity index (χ3n) is 5.12. The molecule has 6 heteroatoms. The molecule has 24 heavy (non-hydrogen) atoms. The number of aryl methyl sites for hydroxylation is 1. The van der Waals surface area contributed by atoms with Crippen molar-refractivity contribution in [1.82, 2.24) is 9.62 Å². The van der Waals surface area contributed by atoms with Crippen molar-refractivity contribution in [3.63, 3.8) is 0 Å². The standard InChI is InChI=1S/C18H28N2O3S/c1-13-11-15(12-17(14(13)2)24(22,23)19-3)18(21)20(4)16-9-7-5-6-8-10-16/h11-12,16,19H,5-10H2,1-4H3. The number of carbonyl (C=O) groups excluding carboxylic acids is 1. The predicted octanol–water partition coefficient (Wildman–Crippen LogP) is 3.01. The van der Waals surface area contributed by atoms with E-state index in [1.807, 2.05) is 14.0 Å². The van der Waals surface area contributed by atoms with E-state index in [0.29, 0.717) is 11.1 Å². The monoisotopic (exact) mass is 352 g/mol. The normalized spacial score (nSPS) is 16.7. The van der Waals surface area contributed by atoms with Crippen LogP contribution < -0.4 is 4.72 Å². The summed E-state index contributed by atoms with van der Waals surface area (Å²) in [4.78, 5) is 14.9. The summed E-state index contributed by atoms with van der Waals surface area (Å²) in [6, 6.07) is 3.54. The highest BCUT2D eigenvalue weighted by molar-refractivity contribution is 7.89. The molecular weight excluding hydrogens is 324 g/mol. The molecule has 0 radical (unpaired) electrons. The van der Waals surface area contributed by atoms with Gasteiger partial charge in [-0.1, -0.05) is 25.7 Å². The average Bonchev–Trinajstić information content (AvgIpc) is 2.84. The number of rotatable bonds is 4. The van der Waals surface area contributed by atoms with Gasteiger partial charge in [0.15, 0.2) is 0 Å². The summed E-state index contributed by atoms with van der Waals surface area (Å²) in [5.74, 6) is -0.0995. The molecule has 1 saturated carbocycles. The van der Waals surface area contributed by atoms with E-state index < -0.39 is 10.0 Å². The summed E-state index contributed by atoms with van der Waals surface area (Å²) in [5, 5.41) is 0. The van der Waals surface area contributed by atoms with Gasteiger partial charge < -0.3 is 4.90 Å². The van der Waals surface area contributed by atoms with Gasteiger partial charge in [0.25, 0.3) is 5.91 Å². The van der Waals surface area contributed by atoms with Crippen LogP contribution in [0.2, 0.25) is 0 Å². The largest absolute Gasteiger partial charge is 0.339 e. The molecule has 1 fully saturated rings. The second-order valence-electron chi connectivity index (χ2n) is 6.69. The summed E-state index contributed by atoms with van der Waals surface area (Å²) in [5.41, 5.74) is 1.93. The fourth-order valence-electron chi connectivity index (χ4n) is 3.35. The first-order chi connectivity index (χ1) is 11.3. The van der Waals surface area contributed by atoms with Gasteiger partial charge in [-0.3, -0.25) is 4.79 Å². The molecule has 5 nitrogen and oxygen atoms in total. The zero-order valence-electron chi connectivity index (χ0n) is 15.1. The van der Waals surface area contributed by atoms with Crippen molar-refractivity contribution in [3.05, 3.63) is 28.8 Å². The van der Waals surface area contributed by atoms with E-state index in [1.54, 1.807) is 17.9 Å². The minimum absolute atomic E-state index is 0.0995. The second kappa shape index (κ2) is 7.66. The van der Waals surface area contributed by atoms with Gasteiger partial charge in [-0.05, 0) is 57.0 Å². The Hall–Kier alpha value is -1.40. The van der Waals surface area contributed by atoms with E-state index in [-0.39, 0.29) is 16.8 Å². The first kappa shape index (κ1) is 18.9. The maximum atomic E-state index is 12.9. The van der Waals surface area contributed by atoms with Crippen molar-refractivity contribution in [1.29, 1.82) is 0 Å². The fraction of sp³-hybridized carbons (Fsp3) is 0.611. The van der Waals surface area contributed by atoms with Gasteiger partial charge in [-0.25, -0.2) is 13.1 Å². The predicted molar refractivity (Wildman–Crippen MR) is 95.7 cm³/mol. The Bertz CT molecular complexity index is 705. The van der Waals surface area contributed by atoms with Crippen LogP contribution in [0.15, 0.2) is 17.0 Å². The first-order valence-electron chi connectivity index (χ1n) is 8.60. The summed E-state index contributed by atoms with van der Waals surface area (Å²) in [7, 11) is -0.366. The molecule has 0 heterocycles. The third-order valence-corrected chi connectivity index (χ3v) is 6.66. The van der Waals surface area contributed by atoms with Crippen molar-refractivity contribution in [2.45, 2.75) is 63.3 Å². The summed E-state index contributed by atoms with van der Waals surface area (Å²) in [6.07, 6.45) is 6.80. The van der Waals surface area contributed by atoms with Gasteiger partial charge in [-0.15, -0.1) is 0 Å². The molecule has 0 saturated heterocycles. The molecule has 1 N–H and O–H groups in total. The fourth-order valence-corrected chi connectivity index (χ4v) is 4.42. The highest BCUT2D eigenvalue weighted by atomic mass is 32.2. The quantitative estimate of drug-likeness (QED) is 0.847. The Balaban J connectivity index is 2.35. The topological polar surface area (TPSA) is 66.5 Å². The number of sulfonamides is 1. The van der Waals surface area contributed by atoms with Crippen LogP contribution in [0.3, 0.4) is 0 Å². The van der Waals surface area contributed by atoms with Crippen LogP contribution in [0.4, 0.5) is 0 Å². The van der Waals surface area contributed by atoms with Gasteiger partial charge in [-0.2, -0.15) is 0 Å². The van der Waals surface area contributed by atoms with Crippen molar-refractivity contribution in [3.8, 4) is 0 Å². The summed E-state index contributed by atoms with van der Waals surface area (Å²) in [6.45, 7) is 3.61. The van der Waals surface area contributed by atoms with Crippen LogP contribution in [0.25, 0.3) is 0 Å². The number of hydrogen-bond donors (Lipinski definition) is 1. The highest BCUT2D eigenvalue weighted by Gasteiger charge is 2.25. The van der Waals surface area contributed by atoms with E-state index in [2.05, 4.69) is 4.72 Å². The molecule has 0 atom stereocenters. The van der Waals surface area contributed by atoms with E-state index in [9.17, 15) is 13.2 Å². The van der Waals surface area contributed by atoms with Crippen LogP contribution in [0.1, 0.15) is 60.0 Å². The molecule has 2 rings (SSSR count). The number of hydrogen-bond acceptors (Lipinski definition) is 3. The molecule has 134 valence electrons.